The number of nitrogens with zero attached hydrogens (tertiary/aromatic N) is 4. The molecule has 3 aromatic heterocycles. The first-order valence-corrected chi connectivity index (χ1v) is 17.4. The summed E-state index contributed by atoms with van der Waals surface area (Å²) in [7, 11) is 0. The van der Waals surface area contributed by atoms with Gasteiger partial charge in [0, 0.05) is 39.6 Å². The Kier molecular flexibility index (Phi) is 9.42. The molecule has 0 unspecified atom stereocenters. The van der Waals surface area contributed by atoms with Gasteiger partial charge in [0.1, 0.15) is 5.82 Å². The summed E-state index contributed by atoms with van der Waals surface area (Å²) in [4.78, 5) is 4.73. The smallest absolute Gasteiger partial charge is 0.509 e. The molecule has 0 aliphatic carbocycles. The third-order valence-corrected chi connectivity index (χ3v) is 9.34. The van der Waals surface area contributed by atoms with Crippen molar-refractivity contribution in [1.82, 2.24) is 19.3 Å². The monoisotopic (exact) mass is 764 g/mol. The molecule has 0 fully saturated rings. The molecule has 0 atom stereocenters. The molecule has 0 spiro atoms. The molecule has 262 valence electrons. The van der Waals surface area contributed by atoms with Crippen molar-refractivity contribution in [2.45, 2.75) is 87.0 Å². The van der Waals surface area contributed by atoms with Crippen molar-refractivity contribution >= 4 is 21.8 Å². The van der Waals surface area contributed by atoms with Crippen molar-refractivity contribution in [1.29, 1.82) is 0 Å². The van der Waals surface area contributed by atoms with E-state index in [0.29, 0.717) is 11.5 Å². The first-order valence-electron chi connectivity index (χ1n) is 17.4. The number of aryl methyl sites for hydroxylation is 5. The Morgan fingerprint density at radius 3 is 2.00 bits per heavy atom. The van der Waals surface area contributed by atoms with E-state index in [1.54, 1.807) is 0 Å². The Morgan fingerprint density at radius 2 is 1.33 bits per heavy atom. The van der Waals surface area contributed by atoms with Gasteiger partial charge < -0.3 is 9.30 Å². The minimum absolute atomic E-state index is 0. The van der Waals surface area contributed by atoms with Crippen LogP contribution in [0.2, 0.25) is 0 Å². The van der Waals surface area contributed by atoms with Crippen LogP contribution in [-0.4, -0.2) is 19.3 Å². The molecule has 7 aromatic rings. The Bertz CT molecular complexity index is 2410. The predicted octanol–water partition coefficient (Wildman–Crippen LogP) is 11.6. The fraction of sp³-hybridized carbons (Fsp3) is 0.289. The molecule has 6 heteroatoms. The van der Waals surface area contributed by atoms with E-state index in [2.05, 4.69) is 152 Å². The van der Waals surface area contributed by atoms with E-state index >= 15 is 0 Å². The molecular formula is C45H46N4OPd. The van der Waals surface area contributed by atoms with Crippen molar-refractivity contribution in [3.05, 3.63) is 130 Å². The number of para-hydroxylation sites is 1. The van der Waals surface area contributed by atoms with Gasteiger partial charge in [-0.1, -0.05) is 89.9 Å². The van der Waals surface area contributed by atoms with Gasteiger partial charge in [-0.15, -0.1) is 35.7 Å². The number of hydrogen-bond acceptors (Lipinski definition) is 3. The molecule has 0 aliphatic rings. The van der Waals surface area contributed by atoms with Gasteiger partial charge in [-0.3, -0.25) is 4.68 Å². The normalized spacial score (nSPS) is 12.1. The van der Waals surface area contributed by atoms with E-state index in [1.165, 1.54) is 27.8 Å². The number of benzene rings is 4. The Balaban J connectivity index is 0.00000448. The average molecular weight is 765 g/mol. The van der Waals surface area contributed by atoms with Crippen molar-refractivity contribution < 1.29 is 25.2 Å². The second-order valence-electron chi connectivity index (χ2n) is 15.9. The van der Waals surface area contributed by atoms with Gasteiger partial charge in [0.05, 0.1) is 11.4 Å². The predicted molar refractivity (Wildman–Crippen MR) is 206 cm³/mol. The summed E-state index contributed by atoms with van der Waals surface area (Å²) >= 11 is 0. The zero-order valence-electron chi connectivity index (χ0n) is 31.5. The van der Waals surface area contributed by atoms with Gasteiger partial charge in [-0.2, -0.15) is 16.7 Å². The third kappa shape index (κ3) is 6.68. The van der Waals surface area contributed by atoms with E-state index in [9.17, 15) is 0 Å². The molecule has 0 saturated carbocycles. The molecule has 0 saturated heterocycles. The maximum absolute atomic E-state index is 6.62. The first-order chi connectivity index (χ1) is 23.6. The van der Waals surface area contributed by atoms with Crippen molar-refractivity contribution in [2.75, 3.05) is 0 Å². The Labute approximate surface area is 316 Å². The molecular weight excluding hydrogens is 719 g/mol. The molecule has 51 heavy (non-hydrogen) atoms. The fourth-order valence-electron chi connectivity index (χ4n) is 7.39. The van der Waals surface area contributed by atoms with Crippen molar-refractivity contribution in [3.63, 3.8) is 0 Å². The van der Waals surface area contributed by atoms with Crippen LogP contribution in [0.5, 0.6) is 11.5 Å². The summed E-state index contributed by atoms with van der Waals surface area (Å²) in [5.74, 6) is 2.08. The first kappa shape index (κ1) is 36.3. The van der Waals surface area contributed by atoms with Crippen LogP contribution in [0.4, 0.5) is 0 Å². The van der Waals surface area contributed by atoms with E-state index in [0.717, 1.165) is 55.8 Å². The molecule has 3 heterocycles. The van der Waals surface area contributed by atoms with Crippen LogP contribution in [-0.2, 0) is 31.3 Å². The topological polar surface area (TPSA) is 44.9 Å². The minimum atomic E-state index is -0.218. The van der Waals surface area contributed by atoms with Gasteiger partial charge in [-0.05, 0) is 79.2 Å². The van der Waals surface area contributed by atoms with Gasteiger partial charge in [0.25, 0.3) is 0 Å². The SMILES string of the molecule is Cc1cc(Oc2[c-]c3c(cc2)c2ccccc2n3-c2cc(C)ccn2)[c-]c(-n2nc(C(C)(C)C)c(-c3c(C)cc(C)cc3C)c2C(C)(C)C)c1.[Pd+2]. The maximum atomic E-state index is 6.62. The zero-order chi connectivity index (χ0) is 35.7. The van der Waals surface area contributed by atoms with E-state index < -0.39 is 0 Å². The Morgan fingerprint density at radius 1 is 0.647 bits per heavy atom. The summed E-state index contributed by atoms with van der Waals surface area (Å²) in [6, 6.07) is 32.6. The summed E-state index contributed by atoms with van der Waals surface area (Å²) in [6.07, 6.45) is 1.86. The number of hydrogen-bond donors (Lipinski definition) is 0. The van der Waals surface area contributed by atoms with Crippen LogP contribution >= 0.6 is 0 Å². The van der Waals surface area contributed by atoms with Crippen LogP contribution in [0.1, 0.15) is 80.7 Å². The van der Waals surface area contributed by atoms with E-state index in [4.69, 9.17) is 14.8 Å². The fourth-order valence-corrected chi connectivity index (χ4v) is 7.39. The Hall–Kier alpha value is -4.50. The van der Waals surface area contributed by atoms with Crippen LogP contribution in [0.25, 0.3) is 44.4 Å². The zero-order valence-corrected chi connectivity index (χ0v) is 33.1. The van der Waals surface area contributed by atoms with E-state index in [-0.39, 0.29) is 31.3 Å². The van der Waals surface area contributed by atoms with Gasteiger partial charge in [0.15, 0.2) is 0 Å². The molecule has 0 aliphatic heterocycles. The maximum Gasteiger partial charge on any atom is 2.00 e. The van der Waals surface area contributed by atoms with Crippen molar-refractivity contribution in [3.8, 4) is 34.1 Å². The van der Waals surface area contributed by atoms with Gasteiger partial charge in [0.2, 0.25) is 0 Å². The number of fused-ring (bicyclic) bond motifs is 3. The second-order valence-corrected chi connectivity index (χ2v) is 15.9. The van der Waals surface area contributed by atoms with Crippen LogP contribution in [0.15, 0.2) is 79.0 Å². The van der Waals surface area contributed by atoms with Crippen molar-refractivity contribution in [2.24, 2.45) is 0 Å². The van der Waals surface area contributed by atoms with Gasteiger partial charge in [-0.25, -0.2) is 4.98 Å². The molecule has 5 nitrogen and oxygen atoms in total. The summed E-state index contributed by atoms with van der Waals surface area (Å²) in [5, 5.41) is 7.66. The summed E-state index contributed by atoms with van der Waals surface area (Å²) in [5.41, 5.74) is 13.2. The number of rotatable bonds is 5. The summed E-state index contributed by atoms with van der Waals surface area (Å²) in [6.45, 7) is 24.4. The molecule has 4 aromatic carbocycles. The van der Waals surface area contributed by atoms with Crippen LogP contribution in [0.3, 0.4) is 0 Å². The second kappa shape index (κ2) is 13.2. The molecule has 0 N–H and O–H groups in total. The number of ether oxygens (including phenoxy) is 1. The molecule has 7 rings (SSSR count). The van der Waals surface area contributed by atoms with Gasteiger partial charge >= 0.3 is 20.4 Å². The molecule has 0 amide bonds. The van der Waals surface area contributed by atoms with Crippen LogP contribution < -0.4 is 4.74 Å². The standard InChI is InChI=1S/C45H46N4O.Pd/c1-27-18-19-46-39(24-27)48-37-15-13-12-14-35(37)36-17-16-33(26-38(36)48)50-34-23-29(3)22-32(25-34)49-43(45(9,10)11)41(42(47-49)44(6,7)8)40-30(4)20-28(2)21-31(40)5;/h12-24H,1-11H3;/q-2;+2. The largest absolute Gasteiger partial charge is 2.00 e. The average Bonchev–Trinajstić information content (AvgIpc) is 3.57. The van der Waals surface area contributed by atoms with E-state index in [1.807, 2.05) is 24.4 Å². The summed E-state index contributed by atoms with van der Waals surface area (Å²) < 4.78 is 10.9. The molecule has 0 bridgehead atoms. The third-order valence-electron chi connectivity index (χ3n) is 9.34. The van der Waals surface area contributed by atoms with Crippen LogP contribution in [0, 0.1) is 46.8 Å². The quantitative estimate of drug-likeness (QED) is 0.129. The number of pyridine rings is 1. The molecule has 0 radical (unpaired) electrons. The minimum Gasteiger partial charge on any atom is -0.509 e. The number of aromatic nitrogens is 4.